The maximum atomic E-state index is 12.2. The quantitative estimate of drug-likeness (QED) is 0.679. The number of para-hydroxylation sites is 1. The molecular weight excluding hydrogens is 360 g/mol. The number of amides is 1. The van der Waals surface area contributed by atoms with Crippen LogP contribution in [0, 0.1) is 0 Å². The van der Waals surface area contributed by atoms with E-state index in [9.17, 15) is 4.79 Å². The Kier molecular flexibility index (Phi) is 5.14. The van der Waals surface area contributed by atoms with Crippen molar-refractivity contribution in [1.29, 1.82) is 0 Å². The van der Waals surface area contributed by atoms with Crippen LogP contribution in [0.15, 0.2) is 53.1 Å². The molecule has 0 saturated heterocycles. The van der Waals surface area contributed by atoms with Gasteiger partial charge in [-0.05, 0) is 36.2 Å². The number of carbonyl (C=O) groups is 1. The molecule has 1 aliphatic rings. The normalized spacial score (nSPS) is 12.0. The van der Waals surface area contributed by atoms with E-state index in [2.05, 4.69) is 10.5 Å². The Morgan fingerprint density at radius 1 is 1.14 bits per heavy atom. The predicted molar refractivity (Wildman–Crippen MR) is 101 cm³/mol. The van der Waals surface area contributed by atoms with E-state index in [0.29, 0.717) is 35.9 Å². The van der Waals surface area contributed by atoms with Gasteiger partial charge < -0.3 is 24.1 Å². The van der Waals surface area contributed by atoms with Crippen LogP contribution < -0.4 is 19.5 Å². The third-order valence-electron chi connectivity index (χ3n) is 4.47. The highest BCUT2D eigenvalue weighted by atomic mass is 16.7. The molecule has 2 aromatic carbocycles. The van der Waals surface area contributed by atoms with Gasteiger partial charge in [0.2, 0.25) is 12.7 Å². The molecule has 1 aliphatic heterocycles. The summed E-state index contributed by atoms with van der Waals surface area (Å²) in [6.45, 7) is 0.738. The van der Waals surface area contributed by atoms with E-state index in [-0.39, 0.29) is 19.1 Å². The molecule has 0 saturated carbocycles. The first-order valence-electron chi connectivity index (χ1n) is 8.97. The number of hydrogen-bond acceptors (Lipinski definition) is 6. The summed E-state index contributed by atoms with van der Waals surface area (Å²) < 4.78 is 21.4. The number of fused-ring (bicyclic) bond motifs is 1. The molecule has 3 aromatic rings. The van der Waals surface area contributed by atoms with E-state index in [1.165, 1.54) is 0 Å². The van der Waals surface area contributed by atoms with Crippen LogP contribution >= 0.6 is 0 Å². The van der Waals surface area contributed by atoms with Crippen LogP contribution in [0.2, 0.25) is 0 Å². The topological polar surface area (TPSA) is 82.8 Å². The summed E-state index contributed by atoms with van der Waals surface area (Å²) in [5, 5.41) is 6.89. The zero-order valence-corrected chi connectivity index (χ0v) is 15.4. The predicted octanol–water partition coefficient (Wildman–Crippen LogP) is 2.98. The number of benzene rings is 2. The SMILES string of the molecule is COc1ccccc1CCNC(=O)Cc1cc(-c2ccc3c(c2)OCO3)on1. The van der Waals surface area contributed by atoms with Crippen LogP contribution in [0.5, 0.6) is 17.2 Å². The van der Waals surface area contributed by atoms with E-state index < -0.39 is 0 Å². The maximum Gasteiger partial charge on any atom is 0.231 e. The monoisotopic (exact) mass is 380 g/mol. The Hall–Kier alpha value is -3.48. The van der Waals surface area contributed by atoms with Crippen molar-refractivity contribution in [2.24, 2.45) is 0 Å². The Labute approximate surface area is 162 Å². The number of hydrogen-bond donors (Lipinski definition) is 1. The largest absolute Gasteiger partial charge is 0.496 e. The minimum absolute atomic E-state index is 0.111. The van der Waals surface area contributed by atoms with Crippen molar-refractivity contribution in [2.75, 3.05) is 20.4 Å². The number of methoxy groups -OCH3 is 1. The molecule has 2 heterocycles. The molecule has 0 atom stereocenters. The minimum Gasteiger partial charge on any atom is -0.496 e. The molecular formula is C21H20N2O5. The van der Waals surface area contributed by atoms with Gasteiger partial charge in [-0.2, -0.15) is 0 Å². The van der Waals surface area contributed by atoms with Crippen LogP contribution in [0.1, 0.15) is 11.3 Å². The molecule has 4 rings (SSSR count). The first-order valence-corrected chi connectivity index (χ1v) is 8.97. The van der Waals surface area contributed by atoms with Crippen LogP contribution in [0.4, 0.5) is 0 Å². The molecule has 7 heteroatoms. The number of nitrogens with zero attached hydrogens (tertiary/aromatic N) is 1. The molecule has 7 nitrogen and oxygen atoms in total. The van der Waals surface area contributed by atoms with Crippen molar-refractivity contribution in [1.82, 2.24) is 10.5 Å². The second-order valence-corrected chi connectivity index (χ2v) is 6.34. The van der Waals surface area contributed by atoms with Gasteiger partial charge in [0, 0.05) is 18.2 Å². The van der Waals surface area contributed by atoms with E-state index in [0.717, 1.165) is 16.9 Å². The van der Waals surface area contributed by atoms with Crippen molar-refractivity contribution in [2.45, 2.75) is 12.8 Å². The van der Waals surface area contributed by atoms with Crippen molar-refractivity contribution in [3.05, 3.63) is 59.8 Å². The second kappa shape index (κ2) is 8.04. The summed E-state index contributed by atoms with van der Waals surface area (Å²) in [7, 11) is 1.64. The lowest BCUT2D eigenvalue weighted by atomic mass is 10.1. The molecule has 1 amide bonds. The highest BCUT2D eigenvalue weighted by Crippen LogP contribution is 2.36. The lowest BCUT2D eigenvalue weighted by Gasteiger charge is -2.08. The zero-order chi connectivity index (χ0) is 19.3. The van der Waals surface area contributed by atoms with Gasteiger partial charge in [-0.15, -0.1) is 0 Å². The van der Waals surface area contributed by atoms with Gasteiger partial charge in [0.25, 0.3) is 0 Å². The average Bonchev–Trinajstić information content (AvgIpc) is 3.37. The molecule has 0 radical (unpaired) electrons. The number of ether oxygens (including phenoxy) is 3. The Morgan fingerprint density at radius 3 is 2.89 bits per heavy atom. The van der Waals surface area contributed by atoms with Gasteiger partial charge in [-0.1, -0.05) is 23.4 Å². The van der Waals surface area contributed by atoms with E-state index in [4.69, 9.17) is 18.7 Å². The average molecular weight is 380 g/mol. The molecule has 1 aromatic heterocycles. The summed E-state index contributed by atoms with van der Waals surface area (Å²) in [5.74, 6) is 2.67. The Bertz CT molecular complexity index is 982. The smallest absolute Gasteiger partial charge is 0.231 e. The lowest BCUT2D eigenvalue weighted by Crippen LogP contribution is -2.27. The number of rotatable bonds is 7. The van der Waals surface area contributed by atoms with Gasteiger partial charge >= 0.3 is 0 Å². The second-order valence-electron chi connectivity index (χ2n) is 6.34. The summed E-state index contributed by atoms with van der Waals surface area (Å²) in [6, 6.07) is 15.0. The van der Waals surface area contributed by atoms with Gasteiger partial charge in [0.05, 0.1) is 19.2 Å². The molecule has 0 fully saturated rings. The highest BCUT2D eigenvalue weighted by Gasteiger charge is 2.16. The minimum atomic E-state index is -0.111. The standard InChI is InChI=1S/C21H20N2O5/c1-25-17-5-3-2-4-14(17)8-9-22-21(24)12-16-11-19(28-23-16)15-6-7-18-20(10-15)27-13-26-18/h2-7,10-11H,8-9,12-13H2,1H3,(H,22,24). The van der Waals surface area contributed by atoms with Crippen molar-refractivity contribution in [3.8, 4) is 28.6 Å². The maximum absolute atomic E-state index is 12.2. The molecule has 0 spiro atoms. The van der Waals surface area contributed by atoms with Gasteiger partial charge in [0.1, 0.15) is 5.75 Å². The van der Waals surface area contributed by atoms with Crippen LogP contribution in [0.25, 0.3) is 11.3 Å². The fraction of sp³-hybridized carbons (Fsp3) is 0.238. The van der Waals surface area contributed by atoms with Gasteiger partial charge in [0.15, 0.2) is 17.3 Å². The summed E-state index contributed by atoms with van der Waals surface area (Å²) in [6.07, 6.45) is 0.844. The third-order valence-corrected chi connectivity index (χ3v) is 4.47. The third kappa shape index (κ3) is 3.93. The summed E-state index contributed by atoms with van der Waals surface area (Å²) >= 11 is 0. The summed E-state index contributed by atoms with van der Waals surface area (Å²) in [5.41, 5.74) is 2.44. The van der Waals surface area contributed by atoms with E-state index in [1.807, 2.05) is 42.5 Å². The molecule has 0 bridgehead atoms. The van der Waals surface area contributed by atoms with Gasteiger partial charge in [-0.3, -0.25) is 4.79 Å². The zero-order valence-electron chi connectivity index (χ0n) is 15.4. The van der Waals surface area contributed by atoms with Crippen LogP contribution in [-0.2, 0) is 17.6 Å². The lowest BCUT2D eigenvalue weighted by molar-refractivity contribution is -0.120. The molecule has 0 aliphatic carbocycles. The van der Waals surface area contributed by atoms with Crippen LogP contribution in [0.3, 0.4) is 0 Å². The first kappa shape index (κ1) is 17.9. The molecule has 0 unspecified atom stereocenters. The van der Waals surface area contributed by atoms with E-state index >= 15 is 0 Å². The van der Waals surface area contributed by atoms with Crippen LogP contribution in [-0.4, -0.2) is 31.5 Å². The van der Waals surface area contributed by atoms with Crippen molar-refractivity contribution in [3.63, 3.8) is 0 Å². The highest BCUT2D eigenvalue weighted by molar-refractivity contribution is 5.78. The molecule has 144 valence electrons. The fourth-order valence-electron chi connectivity index (χ4n) is 3.05. The fourth-order valence-corrected chi connectivity index (χ4v) is 3.05. The first-order chi connectivity index (χ1) is 13.7. The molecule has 28 heavy (non-hydrogen) atoms. The number of aromatic nitrogens is 1. The summed E-state index contributed by atoms with van der Waals surface area (Å²) in [4.78, 5) is 12.2. The number of carbonyl (C=O) groups excluding carboxylic acids is 1. The Balaban J connectivity index is 1.32. The Morgan fingerprint density at radius 2 is 2.00 bits per heavy atom. The van der Waals surface area contributed by atoms with E-state index in [1.54, 1.807) is 13.2 Å². The number of nitrogens with one attached hydrogen (secondary N) is 1. The van der Waals surface area contributed by atoms with Gasteiger partial charge in [-0.25, -0.2) is 0 Å². The van der Waals surface area contributed by atoms with Crippen molar-refractivity contribution >= 4 is 5.91 Å². The van der Waals surface area contributed by atoms with Crippen molar-refractivity contribution < 1.29 is 23.5 Å². The molecule has 1 N–H and O–H groups in total.